The van der Waals surface area contributed by atoms with E-state index in [1.807, 2.05) is 66.7 Å². The minimum Gasteiger partial charge on any atom is -0.493 e. The van der Waals surface area contributed by atoms with Crippen LogP contribution in [0.25, 0.3) is 6.08 Å². The fourth-order valence-electron chi connectivity index (χ4n) is 3.88. The SMILES string of the molecule is COc1cc(C/C(=C\c2ccc(OC)c(OCc3ccccc3)c2)[N+](=O)[O-])ccc1OCc1ccccc1. The summed E-state index contributed by atoms with van der Waals surface area (Å²) in [5.74, 6) is 2.15. The van der Waals surface area contributed by atoms with Crippen molar-refractivity contribution >= 4 is 6.08 Å². The van der Waals surface area contributed by atoms with Gasteiger partial charge in [-0.05, 0) is 46.5 Å². The average Bonchev–Trinajstić information content (AvgIpc) is 2.96. The van der Waals surface area contributed by atoms with Gasteiger partial charge >= 0.3 is 0 Å². The van der Waals surface area contributed by atoms with Crippen LogP contribution in [0.15, 0.2) is 103 Å². The van der Waals surface area contributed by atoms with Gasteiger partial charge in [-0.15, -0.1) is 0 Å². The molecule has 0 bridgehead atoms. The van der Waals surface area contributed by atoms with Gasteiger partial charge in [0, 0.05) is 6.08 Å². The smallest absolute Gasteiger partial charge is 0.251 e. The molecule has 0 radical (unpaired) electrons. The Balaban J connectivity index is 1.51. The normalized spacial score (nSPS) is 11.1. The molecular weight excluding hydrogens is 482 g/mol. The van der Waals surface area contributed by atoms with Crippen molar-refractivity contribution in [2.24, 2.45) is 0 Å². The predicted molar refractivity (Wildman–Crippen MR) is 146 cm³/mol. The summed E-state index contributed by atoms with van der Waals surface area (Å²) in [5.41, 5.74) is 3.43. The molecule has 0 N–H and O–H groups in total. The molecule has 194 valence electrons. The van der Waals surface area contributed by atoms with Crippen molar-refractivity contribution in [2.75, 3.05) is 14.2 Å². The van der Waals surface area contributed by atoms with Crippen LogP contribution >= 0.6 is 0 Å². The van der Waals surface area contributed by atoms with Crippen LogP contribution in [0.4, 0.5) is 0 Å². The molecule has 4 rings (SSSR count). The van der Waals surface area contributed by atoms with Crippen LogP contribution in [0.3, 0.4) is 0 Å². The lowest BCUT2D eigenvalue weighted by atomic mass is 10.1. The summed E-state index contributed by atoms with van der Waals surface area (Å²) >= 11 is 0. The van der Waals surface area contributed by atoms with Gasteiger partial charge in [0.1, 0.15) is 13.2 Å². The third kappa shape index (κ3) is 7.13. The van der Waals surface area contributed by atoms with Gasteiger partial charge in [-0.2, -0.15) is 0 Å². The van der Waals surface area contributed by atoms with Crippen molar-refractivity contribution in [1.82, 2.24) is 0 Å². The zero-order valence-electron chi connectivity index (χ0n) is 21.3. The van der Waals surface area contributed by atoms with E-state index in [0.717, 1.165) is 16.7 Å². The molecule has 7 nitrogen and oxygen atoms in total. The van der Waals surface area contributed by atoms with Crippen LogP contribution in [-0.4, -0.2) is 19.1 Å². The molecule has 0 saturated carbocycles. The molecule has 0 spiro atoms. The molecule has 0 amide bonds. The van der Waals surface area contributed by atoms with E-state index in [4.69, 9.17) is 18.9 Å². The summed E-state index contributed by atoms with van der Waals surface area (Å²) in [6.45, 7) is 0.744. The van der Waals surface area contributed by atoms with Crippen LogP contribution in [0.5, 0.6) is 23.0 Å². The molecule has 0 unspecified atom stereocenters. The highest BCUT2D eigenvalue weighted by Gasteiger charge is 2.16. The summed E-state index contributed by atoms with van der Waals surface area (Å²) in [7, 11) is 3.11. The number of hydrogen-bond acceptors (Lipinski definition) is 6. The molecule has 7 heteroatoms. The third-order valence-corrected chi connectivity index (χ3v) is 5.84. The fraction of sp³-hybridized carbons (Fsp3) is 0.161. The highest BCUT2D eigenvalue weighted by Crippen LogP contribution is 2.32. The van der Waals surface area contributed by atoms with Crippen molar-refractivity contribution in [3.05, 3.63) is 135 Å². The second-order valence-corrected chi connectivity index (χ2v) is 8.51. The van der Waals surface area contributed by atoms with Crippen molar-refractivity contribution in [2.45, 2.75) is 19.6 Å². The maximum absolute atomic E-state index is 11.9. The quantitative estimate of drug-likeness (QED) is 0.155. The lowest BCUT2D eigenvalue weighted by Gasteiger charge is -2.12. The average molecular weight is 512 g/mol. The van der Waals surface area contributed by atoms with Gasteiger partial charge in [0.15, 0.2) is 23.0 Å². The number of nitro groups is 1. The Hall–Kier alpha value is -4.78. The summed E-state index contributed by atoms with van der Waals surface area (Å²) in [6.07, 6.45) is 1.65. The number of hydrogen-bond donors (Lipinski definition) is 0. The molecule has 0 aliphatic rings. The minimum absolute atomic E-state index is 0.0317. The molecule has 0 heterocycles. The van der Waals surface area contributed by atoms with Crippen molar-refractivity contribution in [3.63, 3.8) is 0 Å². The number of methoxy groups -OCH3 is 2. The van der Waals surface area contributed by atoms with Gasteiger partial charge < -0.3 is 18.9 Å². The lowest BCUT2D eigenvalue weighted by Crippen LogP contribution is -2.04. The summed E-state index contributed by atoms with van der Waals surface area (Å²) in [4.78, 5) is 11.6. The first-order valence-corrected chi connectivity index (χ1v) is 12.1. The van der Waals surface area contributed by atoms with Gasteiger partial charge in [-0.3, -0.25) is 10.1 Å². The van der Waals surface area contributed by atoms with Crippen molar-refractivity contribution < 1.29 is 23.9 Å². The fourth-order valence-corrected chi connectivity index (χ4v) is 3.88. The van der Waals surface area contributed by atoms with Crippen molar-refractivity contribution in [1.29, 1.82) is 0 Å². The van der Waals surface area contributed by atoms with Gasteiger partial charge in [0.25, 0.3) is 5.70 Å². The Morgan fingerprint density at radius 2 is 1.26 bits per heavy atom. The Labute approximate surface area is 222 Å². The molecule has 0 saturated heterocycles. The van der Waals surface area contributed by atoms with Crippen LogP contribution in [0, 0.1) is 10.1 Å². The van der Waals surface area contributed by atoms with Gasteiger partial charge in [0.05, 0.1) is 25.6 Å². The first-order chi connectivity index (χ1) is 18.6. The third-order valence-electron chi connectivity index (χ3n) is 5.84. The monoisotopic (exact) mass is 511 g/mol. The van der Waals surface area contributed by atoms with Crippen LogP contribution in [0.1, 0.15) is 22.3 Å². The van der Waals surface area contributed by atoms with E-state index in [2.05, 4.69) is 0 Å². The second-order valence-electron chi connectivity index (χ2n) is 8.51. The zero-order valence-corrected chi connectivity index (χ0v) is 21.3. The number of rotatable bonds is 12. The van der Waals surface area contributed by atoms with Crippen LogP contribution < -0.4 is 18.9 Å². The summed E-state index contributed by atoms with van der Waals surface area (Å²) in [5, 5.41) is 11.9. The van der Waals surface area contributed by atoms with Crippen molar-refractivity contribution in [3.8, 4) is 23.0 Å². The standard InChI is InChI=1S/C31H29NO6/c1-35-28-15-13-26(20-31(28)38-22-24-11-7-4-8-12-24)18-27(32(33)34)17-25-14-16-29(30(19-25)36-2)37-21-23-9-5-3-6-10-23/h3-16,18-20H,17,21-22H2,1-2H3/b27-18+. The molecular formula is C31H29NO6. The largest absolute Gasteiger partial charge is 0.493 e. The van der Waals surface area contributed by atoms with Gasteiger partial charge in [0.2, 0.25) is 0 Å². The van der Waals surface area contributed by atoms with Crippen LogP contribution in [0.2, 0.25) is 0 Å². The number of allylic oxidation sites excluding steroid dienone is 1. The topological polar surface area (TPSA) is 80.1 Å². The van der Waals surface area contributed by atoms with E-state index in [-0.39, 0.29) is 17.0 Å². The minimum atomic E-state index is -0.374. The molecule has 0 aromatic heterocycles. The summed E-state index contributed by atoms with van der Waals surface area (Å²) < 4.78 is 22.8. The molecule has 0 aliphatic carbocycles. The van der Waals surface area contributed by atoms with E-state index in [9.17, 15) is 10.1 Å². The molecule has 0 aliphatic heterocycles. The Bertz CT molecular complexity index is 1390. The molecule has 0 atom stereocenters. The highest BCUT2D eigenvalue weighted by molar-refractivity contribution is 5.58. The Morgan fingerprint density at radius 3 is 1.84 bits per heavy atom. The van der Waals surface area contributed by atoms with E-state index in [1.165, 1.54) is 0 Å². The maximum Gasteiger partial charge on any atom is 0.251 e. The predicted octanol–water partition coefficient (Wildman–Crippen LogP) is 6.72. The molecule has 4 aromatic carbocycles. The van der Waals surface area contributed by atoms with E-state index in [1.54, 1.807) is 50.6 Å². The van der Waals surface area contributed by atoms with E-state index < -0.39 is 0 Å². The molecule has 38 heavy (non-hydrogen) atoms. The number of benzene rings is 4. The molecule has 4 aromatic rings. The lowest BCUT2D eigenvalue weighted by molar-refractivity contribution is -0.425. The van der Waals surface area contributed by atoms with Gasteiger partial charge in [-0.25, -0.2) is 0 Å². The Morgan fingerprint density at radius 1 is 0.684 bits per heavy atom. The first kappa shape index (κ1) is 26.3. The highest BCUT2D eigenvalue weighted by atomic mass is 16.6. The Kier molecular flexibility index (Phi) is 8.97. The maximum atomic E-state index is 11.9. The first-order valence-electron chi connectivity index (χ1n) is 12.1. The number of nitrogens with zero attached hydrogens (tertiary/aromatic N) is 1. The molecule has 0 fully saturated rings. The number of ether oxygens (including phenoxy) is 4. The summed E-state index contributed by atoms with van der Waals surface area (Å²) in [6, 6.07) is 30.2. The second kappa shape index (κ2) is 13.0. The zero-order chi connectivity index (χ0) is 26.7. The van der Waals surface area contributed by atoms with E-state index >= 15 is 0 Å². The van der Waals surface area contributed by atoms with E-state index in [0.29, 0.717) is 41.8 Å². The van der Waals surface area contributed by atoms with Gasteiger partial charge in [-0.1, -0.05) is 72.8 Å². The van der Waals surface area contributed by atoms with Crippen LogP contribution in [-0.2, 0) is 19.6 Å².